The molecule has 1 saturated heterocycles. The Balaban J connectivity index is 2.11. The first-order chi connectivity index (χ1) is 5.40. The molecule has 0 bridgehead atoms. The monoisotopic (exact) mass is 167 g/mol. The first-order valence-electron chi connectivity index (χ1n) is 4.24. The van der Waals surface area contributed by atoms with Crippen molar-refractivity contribution in [1.82, 2.24) is 0 Å². The van der Waals surface area contributed by atoms with E-state index in [0.29, 0.717) is 0 Å². The highest BCUT2D eigenvalue weighted by atomic mass is 32.1. The Bertz CT molecular complexity index is 237. The third kappa shape index (κ3) is 1.27. The fraction of sp³-hybridized carbons (Fsp3) is 0.556. The number of nitrogens with zero attached hydrogens (tertiary/aromatic N) is 1. The van der Waals surface area contributed by atoms with Crippen molar-refractivity contribution in [3.63, 3.8) is 0 Å². The lowest BCUT2D eigenvalue weighted by Gasteiger charge is -2.31. The minimum Gasteiger partial charge on any atom is -0.363 e. The van der Waals surface area contributed by atoms with Crippen LogP contribution in [-0.4, -0.2) is 13.1 Å². The summed E-state index contributed by atoms with van der Waals surface area (Å²) in [6.07, 6.45) is 2.55. The molecule has 0 N–H and O–H groups in total. The first-order valence-corrected chi connectivity index (χ1v) is 5.05. The summed E-state index contributed by atoms with van der Waals surface area (Å²) in [6, 6.07) is 4.50. The van der Waals surface area contributed by atoms with E-state index in [1.54, 1.807) is 0 Å². The second-order valence-corrected chi connectivity index (χ2v) is 4.08. The summed E-state index contributed by atoms with van der Waals surface area (Å²) in [5.74, 6) is 0. The van der Waals surface area contributed by atoms with Crippen LogP contribution in [0.15, 0.2) is 12.1 Å². The maximum Gasteiger partial charge on any atom is 0.0911 e. The highest BCUT2D eigenvalue weighted by molar-refractivity contribution is 7.16. The zero-order chi connectivity index (χ0) is 7.68. The van der Waals surface area contributed by atoms with Gasteiger partial charge in [0.1, 0.15) is 0 Å². The van der Waals surface area contributed by atoms with Crippen LogP contribution < -0.4 is 4.90 Å². The number of hydrogen-bond acceptors (Lipinski definition) is 2. The Morgan fingerprint density at radius 1 is 1.45 bits per heavy atom. The van der Waals surface area contributed by atoms with Crippen molar-refractivity contribution in [3.8, 4) is 0 Å². The van der Waals surface area contributed by atoms with Crippen LogP contribution in [0.1, 0.15) is 18.2 Å². The van der Waals surface area contributed by atoms with Crippen molar-refractivity contribution in [2.24, 2.45) is 0 Å². The van der Waals surface area contributed by atoms with Gasteiger partial charge in [-0.2, -0.15) is 0 Å². The maximum atomic E-state index is 2.45. The van der Waals surface area contributed by atoms with Gasteiger partial charge in [0.2, 0.25) is 0 Å². The van der Waals surface area contributed by atoms with E-state index in [9.17, 15) is 0 Å². The molecule has 0 saturated carbocycles. The normalized spacial score (nSPS) is 16.6. The van der Waals surface area contributed by atoms with Gasteiger partial charge in [0.15, 0.2) is 0 Å². The average Bonchev–Trinajstić information content (AvgIpc) is 2.32. The predicted octanol–water partition coefficient (Wildman–Crippen LogP) is 2.52. The largest absolute Gasteiger partial charge is 0.363 e. The molecule has 0 unspecified atom stereocenters. The molecule has 1 aromatic heterocycles. The fourth-order valence-corrected chi connectivity index (χ4v) is 2.26. The van der Waals surface area contributed by atoms with Crippen molar-refractivity contribution < 1.29 is 0 Å². The fourth-order valence-electron chi connectivity index (χ4n) is 1.26. The minimum atomic E-state index is 1.18. The zero-order valence-electron chi connectivity index (χ0n) is 6.84. The van der Waals surface area contributed by atoms with Gasteiger partial charge in [0.25, 0.3) is 0 Å². The van der Waals surface area contributed by atoms with Crippen LogP contribution in [0.3, 0.4) is 0 Å². The molecule has 0 spiro atoms. The second kappa shape index (κ2) is 2.86. The van der Waals surface area contributed by atoms with Gasteiger partial charge in [-0.3, -0.25) is 0 Å². The molecule has 2 heterocycles. The van der Waals surface area contributed by atoms with Crippen molar-refractivity contribution in [1.29, 1.82) is 0 Å². The summed E-state index contributed by atoms with van der Waals surface area (Å²) in [4.78, 5) is 3.95. The molecule has 11 heavy (non-hydrogen) atoms. The number of anilines is 1. The Morgan fingerprint density at radius 3 is 2.73 bits per heavy atom. The molecule has 1 aliphatic rings. The second-order valence-electron chi connectivity index (χ2n) is 2.93. The Morgan fingerprint density at radius 2 is 2.27 bits per heavy atom. The first kappa shape index (κ1) is 7.17. The van der Waals surface area contributed by atoms with Crippen LogP contribution >= 0.6 is 11.3 Å². The van der Waals surface area contributed by atoms with E-state index < -0.39 is 0 Å². The quantitative estimate of drug-likeness (QED) is 0.654. The van der Waals surface area contributed by atoms with Crippen molar-refractivity contribution in [2.75, 3.05) is 18.0 Å². The summed E-state index contributed by atoms with van der Waals surface area (Å²) in [6.45, 7) is 4.75. The third-order valence-electron chi connectivity index (χ3n) is 2.16. The molecule has 0 aromatic carbocycles. The van der Waals surface area contributed by atoms with E-state index in [0.717, 1.165) is 0 Å². The predicted molar refractivity (Wildman–Crippen MR) is 50.5 cm³/mol. The molecule has 1 nitrogen and oxygen atoms in total. The number of hydrogen-bond donors (Lipinski definition) is 0. The highest BCUT2D eigenvalue weighted by Gasteiger charge is 2.15. The lowest BCUT2D eigenvalue weighted by atomic mass is 10.2. The van der Waals surface area contributed by atoms with Crippen LogP contribution in [0.25, 0.3) is 0 Å². The molecule has 2 heteroatoms. The summed E-state index contributed by atoms with van der Waals surface area (Å²) in [5.41, 5.74) is 0. The molecule has 0 radical (unpaired) electrons. The summed E-state index contributed by atoms with van der Waals surface area (Å²) in [5, 5.41) is 1.47. The SMILES string of the molecule is CCc1ccc(N2CCC2)s1. The van der Waals surface area contributed by atoms with Crippen LogP contribution in [0, 0.1) is 0 Å². The molecule has 1 aromatic rings. The summed E-state index contributed by atoms with van der Waals surface area (Å²) in [7, 11) is 0. The number of rotatable bonds is 2. The highest BCUT2D eigenvalue weighted by Crippen LogP contribution is 2.29. The van der Waals surface area contributed by atoms with Crippen LogP contribution in [-0.2, 0) is 6.42 Å². The average molecular weight is 167 g/mol. The van der Waals surface area contributed by atoms with Gasteiger partial charge in [-0.15, -0.1) is 11.3 Å². The number of thiophene rings is 1. The molecular weight excluding hydrogens is 154 g/mol. The third-order valence-corrected chi connectivity index (χ3v) is 3.45. The molecule has 60 valence electrons. The van der Waals surface area contributed by atoms with E-state index >= 15 is 0 Å². The van der Waals surface area contributed by atoms with Gasteiger partial charge in [-0.05, 0) is 25.0 Å². The van der Waals surface area contributed by atoms with Gasteiger partial charge in [0.05, 0.1) is 5.00 Å². The molecule has 2 rings (SSSR count). The zero-order valence-corrected chi connectivity index (χ0v) is 7.66. The van der Waals surface area contributed by atoms with Gasteiger partial charge < -0.3 is 4.90 Å². The molecule has 1 aliphatic heterocycles. The van der Waals surface area contributed by atoms with Crippen LogP contribution in [0.5, 0.6) is 0 Å². The van der Waals surface area contributed by atoms with Crippen molar-refractivity contribution in [3.05, 3.63) is 17.0 Å². The lowest BCUT2D eigenvalue weighted by Crippen LogP contribution is -2.36. The van der Waals surface area contributed by atoms with E-state index in [4.69, 9.17) is 0 Å². The Hall–Kier alpha value is -0.500. The lowest BCUT2D eigenvalue weighted by molar-refractivity contribution is 0.623. The molecular formula is C9H13NS. The van der Waals surface area contributed by atoms with Crippen LogP contribution in [0.2, 0.25) is 0 Å². The van der Waals surface area contributed by atoms with Gasteiger partial charge >= 0.3 is 0 Å². The van der Waals surface area contributed by atoms with Crippen molar-refractivity contribution in [2.45, 2.75) is 19.8 Å². The summed E-state index contributed by atoms with van der Waals surface area (Å²) < 4.78 is 0. The topological polar surface area (TPSA) is 3.24 Å². The summed E-state index contributed by atoms with van der Waals surface area (Å²) >= 11 is 1.94. The minimum absolute atomic E-state index is 1.18. The van der Waals surface area contributed by atoms with E-state index in [-0.39, 0.29) is 0 Å². The molecule has 0 atom stereocenters. The Kier molecular flexibility index (Phi) is 1.86. The van der Waals surface area contributed by atoms with E-state index in [1.807, 2.05) is 11.3 Å². The van der Waals surface area contributed by atoms with E-state index in [1.165, 1.54) is 35.8 Å². The number of aryl methyl sites for hydroxylation is 1. The molecule has 0 aliphatic carbocycles. The smallest absolute Gasteiger partial charge is 0.0911 e. The molecule has 1 fully saturated rings. The molecule has 0 amide bonds. The van der Waals surface area contributed by atoms with Gasteiger partial charge in [-0.1, -0.05) is 6.92 Å². The Labute approximate surface area is 71.7 Å². The standard InChI is InChI=1S/C9H13NS/c1-2-8-4-5-9(11-8)10-6-3-7-10/h4-5H,2-3,6-7H2,1H3. The van der Waals surface area contributed by atoms with Crippen molar-refractivity contribution >= 4 is 16.3 Å². The van der Waals surface area contributed by atoms with E-state index in [2.05, 4.69) is 24.0 Å². The van der Waals surface area contributed by atoms with Gasteiger partial charge in [0, 0.05) is 18.0 Å². The van der Waals surface area contributed by atoms with Gasteiger partial charge in [-0.25, -0.2) is 0 Å². The van der Waals surface area contributed by atoms with Crippen LogP contribution in [0.4, 0.5) is 5.00 Å². The maximum absolute atomic E-state index is 2.45.